The van der Waals surface area contributed by atoms with Gasteiger partial charge < -0.3 is 10.6 Å². The van der Waals surface area contributed by atoms with Gasteiger partial charge >= 0.3 is 0 Å². The molecule has 0 spiro atoms. The molecule has 2 saturated carbocycles. The van der Waals surface area contributed by atoms with Crippen LogP contribution in [-0.2, 0) is 4.79 Å². The molecule has 2 aliphatic carbocycles. The van der Waals surface area contributed by atoms with E-state index < -0.39 is 0 Å². The van der Waals surface area contributed by atoms with Gasteiger partial charge in [-0.15, -0.1) is 11.3 Å². The average molecular weight is 381 g/mol. The average Bonchev–Trinajstić information content (AvgIpc) is 3.40. The van der Waals surface area contributed by atoms with Crippen LogP contribution in [0.25, 0.3) is 6.08 Å². The molecule has 1 heterocycles. The Balaban J connectivity index is 1.51. The van der Waals surface area contributed by atoms with Gasteiger partial charge in [0.05, 0.1) is 0 Å². The van der Waals surface area contributed by atoms with Gasteiger partial charge in [-0.2, -0.15) is 0 Å². The fraction of sp³-hybridized carbons (Fsp3) is 0.364. The van der Waals surface area contributed by atoms with E-state index in [2.05, 4.69) is 10.6 Å². The van der Waals surface area contributed by atoms with Crippen LogP contribution in [0.4, 0.5) is 0 Å². The number of hydrogen-bond acceptors (Lipinski definition) is 3. The molecular weight excluding hydrogens is 356 g/mol. The maximum absolute atomic E-state index is 12.9. The van der Waals surface area contributed by atoms with Crippen LogP contribution >= 0.6 is 11.3 Å². The molecular formula is C22H24N2O2S. The van der Waals surface area contributed by atoms with E-state index in [1.165, 1.54) is 19.3 Å². The number of carbonyl (C=O) groups is 2. The first-order chi connectivity index (χ1) is 13.1. The highest BCUT2D eigenvalue weighted by molar-refractivity contribution is 7.10. The SMILES string of the molecule is Cc1ccc(C(=O)N/C(=C\c2cccs2)C(=O)N[C@@H]2C[C@@H]3CC[C@@H]2C3)cc1. The van der Waals surface area contributed by atoms with Crippen LogP contribution < -0.4 is 10.6 Å². The molecule has 5 heteroatoms. The topological polar surface area (TPSA) is 58.2 Å². The van der Waals surface area contributed by atoms with Crippen molar-refractivity contribution in [1.29, 1.82) is 0 Å². The first-order valence-corrected chi connectivity index (χ1v) is 10.4. The minimum Gasteiger partial charge on any atom is -0.348 e. The largest absolute Gasteiger partial charge is 0.348 e. The summed E-state index contributed by atoms with van der Waals surface area (Å²) in [5.74, 6) is 0.893. The zero-order valence-corrected chi connectivity index (χ0v) is 16.2. The minimum absolute atomic E-state index is 0.193. The molecule has 0 unspecified atom stereocenters. The molecule has 2 N–H and O–H groups in total. The minimum atomic E-state index is -0.263. The number of thiophene rings is 1. The van der Waals surface area contributed by atoms with Gasteiger partial charge in [0.2, 0.25) is 0 Å². The number of amides is 2. The first kappa shape index (κ1) is 18.0. The Morgan fingerprint density at radius 3 is 2.56 bits per heavy atom. The van der Waals surface area contributed by atoms with Crippen molar-refractivity contribution in [3.63, 3.8) is 0 Å². The highest BCUT2D eigenvalue weighted by atomic mass is 32.1. The van der Waals surface area contributed by atoms with Crippen molar-refractivity contribution in [3.8, 4) is 0 Å². The van der Waals surface area contributed by atoms with Crippen LogP contribution in [-0.4, -0.2) is 17.9 Å². The number of carbonyl (C=O) groups excluding carboxylic acids is 2. The van der Waals surface area contributed by atoms with Crippen molar-refractivity contribution in [1.82, 2.24) is 10.6 Å². The lowest BCUT2D eigenvalue weighted by molar-refractivity contribution is -0.118. The maximum Gasteiger partial charge on any atom is 0.268 e. The molecule has 2 aliphatic rings. The predicted molar refractivity (Wildman–Crippen MR) is 108 cm³/mol. The van der Waals surface area contributed by atoms with Crippen molar-refractivity contribution >= 4 is 29.2 Å². The summed E-state index contributed by atoms with van der Waals surface area (Å²) in [5.41, 5.74) is 1.95. The highest BCUT2D eigenvalue weighted by Gasteiger charge is 2.40. The molecule has 2 amide bonds. The lowest BCUT2D eigenvalue weighted by Gasteiger charge is -2.23. The molecule has 2 aromatic rings. The normalized spacial score (nSPS) is 24.0. The molecule has 140 valence electrons. The highest BCUT2D eigenvalue weighted by Crippen LogP contribution is 2.44. The Hall–Kier alpha value is -2.40. The second kappa shape index (κ2) is 7.69. The first-order valence-electron chi connectivity index (χ1n) is 9.52. The van der Waals surface area contributed by atoms with E-state index in [-0.39, 0.29) is 17.9 Å². The molecule has 2 fully saturated rings. The summed E-state index contributed by atoms with van der Waals surface area (Å²) in [6, 6.07) is 11.5. The number of benzene rings is 1. The lowest BCUT2D eigenvalue weighted by Crippen LogP contribution is -2.42. The summed E-state index contributed by atoms with van der Waals surface area (Å²) < 4.78 is 0. The van der Waals surface area contributed by atoms with Crippen molar-refractivity contribution < 1.29 is 9.59 Å². The second-order valence-corrected chi connectivity index (χ2v) is 8.63. The molecule has 0 radical (unpaired) electrons. The third kappa shape index (κ3) is 4.14. The monoisotopic (exact) mass is 380 g/mol. The molecule has 0 aliphatic heterocycles. The van der Waals surface area contributed by atoms with E-state index >= 15 is 0 Å². The molecule has 1 aromatic carbocycles. The third-order valence-corrected chi connectivity index (χ3v) is 6.51. The van der Waals surface area contributed by atoms with E-state index in [4.69, 9.17) is 0 Å². The van der Waals surface area contributed by atoms with Crippen molar-refractivity contribution in [2.75, 3.05) is 0 Å². The van der Waals surface area contributed by atoms with Crippen molar-refractivity contribution in [3.05, 3.63) is 63.5 Å². The van der Waals surface area contributed by atoms with Crippen molar-refractivity contribution in [2.24, 2.45) is 11.8 Å². The summed E-state index contributed by atoms with van der Waals surface area (Å²) in [4.78, 5) is 26.5. The Labute approximate surface area is 163 Å². The van der Waals surface area contributed by atoms with E-state index in [1.54, 1.807) is 29.5 Å². The van der Waals surface area contributed by atoms with Crippen LogP contribution in [0.3, 0.4) is 0 Å². The quantitative estimate of drug-likeness (QED) is 0.766. The third-order valence-electron chi connectivity index (χ3n) is 5.69. The Bertz CT molecular complexity index is 855. The summed E-state index contributed by atoms with van der Waals surface area (Å²) in [6.07, 6.45) is 6.55. The summed E-state index contributed by atoms with van der Waals surface area (Å²) in [6.45, 7) is 1.98. The standard InChI is InChI=1S/C22H24N2O2S/c1-14-4-7-16(8-5-14)21(25)24-20(13-18-3-2-10-27-18)22(26)23-19-12-15-6-9-17(19)11-15/h2-5,7-8,10,13,15,17,19H,6,9,11-12H2,1H3,(H,23,26)(H,24,25)/b20-13-/t15-,17-,19-/m1/s1. The van der Waals surface area contributed by atoms with Gasteiger partial charge in [-0.05, 0) is 67.7 Å². The molecule has 27 heavy (non-hydrogen) atoms. The fourth-order valence-electron chi connectivity index (χ4n) is 4.24. The smallest absolute Gasteiger partial charge is 0.268 e. The Morgan fingerprint density at radius 1 is 1.11 bits per heavy atom. The van der Waals surface area contributed by atoms with Gasteiger partial charge in [-0.3, -0.25) is 9.59 Å². The molecule has 3 atom stereocenters. The van der Waals surface area contributed by atoms with Crippen LogP contribution in [0.15, 0.2) is 47.5 Å². The van der Waals surface area contributed by atoms with Crippen molar-refractivity contribution in [2.45, 2.75) is 38.6 Å². The van der Waals surface area contributed by atoms with Crippen LogP contribution in [0.2, 0.25) is 0 Å². The van der Waals surface area contributed by atoms with Crippen LogP contribution in [0.1, 0.15) is 46.5 Å². The van der Waals surface area contributed by atoms with Crippen LogP contribution in [0.5, 0.6) is 0 Å². The zero-order chi connectivity index (χ0) is 18.8. The predicted octanol–water partition coefficient (Wildman–Crippen LogP) is 4.13. The van der Waals surface area contributed by atoms with Gasteiger partial charge in [0.25, 0.3) is 11.8 Å². The van der Waals surface area contributed by atoms with Gasteiger partial charge in [0.1, 0.15) is 5.70 Å². The summed E-state index contributed by atoms with van der Waals surface area (Å²) in [7, 11) is 0. The molecule has 1 aromatic heterocycles. The molecule has 4 nitrogen and oxygen atoms in total. The van der Waals surface area contributed by atoms with E-state index in [1.807, 2.05) is 36.6 Å². The van der Waals surface area contributed by atoms with Gasteiger partial charge in [0.15, 0.2) is 0 Å². The number of fused-ring (bicyclic) bond motifs is 2. The van der Waals surface area contributed by atoms with Gasteiger partial charge in [-0.25, -0.2) is 0 Å². The lowest BCUT2D eigenvalue weighted by atomic mass is 9.95. The van der Waals surface area contributed by atoms with Crippen LogP contribution in [0, 0.1) is 18.8 Å². The molecule has 2 bridgehead atoms. The zero-order valence-electron chi connectivity index (χ0n) is 15.4. The maximum atomic E-state index is 12.9. The summed E-state index contributed by atoms with van der Waals surface area (Å²) in [5, 5.41) is 7.95. The Kier molecular flexibility index (Phi) is 5.12. The van der Waals surface area contributed by atoms with E-state index in [0.717, 1.165) is 22.8 Å². The number of rotatable bonds is 5. The van der Waals surface area contributed by atoms with E-state index in [0.29, 0.717) is 17.2 Å². The molecule has 0 saturated heterocycles. The Morgan fingerprint density at radius 2 is 1.93 bits per heavy atom. The second-order valence-electron chi connectivity index (χ2n) is 7.65. The molecule has 4 rings (SSSR count). The number of hydrogen-bond donors (Lipinski definition) is 2. The summed E-state index contributed by atoms with van der Waals surface area (Å²) >= 11 is 1.54. The number of aryl methyl sites for hydroxylation is 1. The van der Waals surface area contributed by atoms with Gasteiger partial charge in [0, 0.05) is 16.5 Å². The fourth-order valence-corrected chi connectivity index (χ4v) is 4.90. The van der Waals surface area contributed by atoms with E-state index in [9.17, 15) is 9.59 Å². The number of nitrogens with one attached hydrogen (secondary N) is 2. The van der Waals surface area contributed by atoms with Gasteiger partial charge in [-0.1, -0.05) is 30.2 Å².